The Hall–Kier alpha value is -1.94. The largest absolute Gasteiger partial charge is 0.493 e. The Balaban J connectivity index is 1.79. The number of hydrogen-bond donors (Lipinski definition) is 1. The van der Waals surface area contributed by atoms with Gasteiger partial charge in [-0.15, -0.1) is 0 Å². The zero-order valence-corrected chi connectivity index (χ0v) is 12.2. The molecular weight excluding hydrogens is 262 g/mol. The van der Waals surface area contributed by atoms with Crippen LogP contribution < -0.4 is 10.1 Å². The standard InChI is InChI=1S/C17H19N3O/c1-11-14-10-18-8-6-15(14)20-17(19-11)13-7-9-21-16-5-3-2-4-12(13)16/h2-5,13,18H,6-10H2,1H3. The van der Waals surface area contributed by atoms with Gasteiger partial charge in [-0.05, 0) is 19.4 Å². The SMILES string of the molecule is Cc1nc(C2CCOc3ccccc32)nc2c1CNCC2. The molecule has 2 aliphatic rings. The fourth-order valence-electron chi connectivity index (χ4n) is 3.30. The van der Waals surface area contributed by atoms with Crippen LogP contribution in [0.4, 0.5) is 0 Å². The summed E-state index contributed by atoms with van der Waals surface area (Å²) in [6, 6.07) is 8.26. The van der Waals surface area contributed by atoms with Crippen molar-refractivity contribution in [1.82, 2.24) is 15.3 Å². The lowest BCUT2D eigenvalue weighted by Crippen LogP contribution is -2.27. The molecule has 108 valence electrons. The molecule has 4 heteroatoms. The Bertz CT molecular complexity index is 684. The number of ether oxygens (including phenoxy) is 1. The van der Waals surface area contributed by atoms with Crippen molar-refractivity contribution in [2.45, 2.75) is 32.2 Å². The quantitative estimate of drug-likeness (QED) is 0.871. The van der Waals surface area contributed by atoms with E-state index < -0.39 is 0 Å². The summed E-state index contributed by atoms with van der Waals surface area (Å²) in [6.07, 6.45) is 1.95. The summed E-state index contributed by atoms with van der Waals surface area (Å²) in [7, 11) is 0. The number of para-hydroxylation sites is 1. The van der Waals surface area contributed by atoms with Gasteiger partial charge in [-0.2, -0.15) is 0 Å². The summed E-state index contributed by atoms with van der Waals surface area (Å²) < 4.78 is 5.75. The first-order valence-electron chi connectivity index (χ1n) is 7.61. The second-order valence-electron chi connectivity index (χ2n) is 5.75. The normalized spacial score (nSPS) is 20.3. The number of nitrogens with zero attached hydrogens (tertiary/aromatic N) is 2. The van der Waals surface area contributed by atoms with Crippen molar-refractivity contribution in [2.75, 3.05) is 13.2 Å². The van der Waals surface area contributed by atoms with Gasteiger partial charge in [0.15, 0.2) is 0 Å². The summed E-state index contributed by atoms with van der Waals surface area (Å²) in [4.78, 5) is 9.69. The third-order valence-corrected chi connectivity index (χ3v) is 4.43. The number of aryl methyl sites for hydroxylation is 1. The number of rotatable bonds is 1. The molecule has 1 aromatic heterocycles. The van der Waals surface area contributed by atoms with Gasteiger partial charge in [0.1, 0.15) is 11.6 Å². The van der Waals surface area contributed by atoms with Gasteiger partial charge in [-0.25, -0.2) is 9.97 Å². The highest BCUT2D eigenvalue weighted by Crippen LogP contribution is 2.37. The first-order chi connectivity index (χ1) is 10.3. The van der Waals surface area contributed by atoms with Crippen molar-refractivity contribution in [1.29, 1.82) is 0 Å². The van der Waals surface area contributed by atoms with E-state index in [1.54, 1.807) is 0 Å². The minimum atomic E-state index is 0.258. The summed E-state index contributed by atoms with van der Waals surface area (Å²) in [6.45, 7) is 4.74. The van der Waals surface area contributed by atoms with E-state index in [0.29, 0.717) is 0 Å². The summed E-state index contributed by atoms with van der Waals surface area (Å²) in [5, 5.41) is 3.40. The molecule has 0 saturated carbocycles. The van der Waals surface area contributed by atoms with Gasteiger partial charge in [-0.3, -0.25) is 0 Å². The van der Waals surface area contributed by atoms with Crippen molar-refractivity contribution >= 4 is 0 Å². The number of aromatic nitrogens is 2. The Morgan fingerprint density at radius 2 is 2.14 bits per heavy atom. The average molecular weight is 281 g/mol. The predicted molar refractivity (Wildman–Crippen MR) is 80.6 cm³/mol. The second kappa shape index (κ2) is 5.11. The molecule has 0 aliphatic carbocycles. The van der Waals surface area contributed by atoms with Crippen molar-refractivity contribution in [3.63, 3.8) is 0 Å². The first kappa shape index (κ1) is 12.8. The number of hydrogen-bond acceptors (Lipinski definition) is 4. The molecule has 4 nitrogen and oxygen atoms in total. The Kier molecular flexibility index (Phi) is 3.11. The van der Waals surface area contributed by atoms with E-state index in [9.17, 15) is 0 Å². The highest BCUT2D eigenvalue weighted by molar-refractivity contribution is 5.41. The molecular formula is C17H19N3O. The molecule has 1 aromatic carbocycles. The van der Waals surface area contributed by atoms with Gasteiger partial charge in [-0.1, -0.05) is 18.2 Å². The van der Waals surface area contributed by atoms with Crippen LogP contribution in [0.5, 0.6) is 5.75 Å². The third-order valence-electron chi connectivity index (χ3n) is 4.43. The molecule has 1 N–H and O–H groups in total. The van der Waals surface area contributed by atoms with Crippen LogP contribution in [0.15, 0.2) is 24.3 Å². The van der Waals surface area contributed by atoms with E-state index in [-0.39, 0.29) is 5.92 Å². The van der Waals surface area contributed by atoms with Gasteiger partial charge in [0.25, 0.3) is 0 Å². The molecule has 2 aromatic rings. The molecule has 4 rings (SSSR count). The lowest BCUT2D eigenvalue weighted by molar-refractivity contribution is 0.274. The van der Waals surface area contributed by atoms with Crippen LogP contribution in [0.1, 0.15) is 40.7 Å². The molecule has 21 heavy (non-hydrogen) atoms. The fourth-order valence-corrected chi connectivity index (χ4v) is 3.30. The Morgan fingerprint density at radius 3 is 3.10 bits per heavy atom. The molecule has 0 bridgehead atoms. The van der Waals surface area contributed by atoms with E-state index in [4.69, 9.17) is 14.7 Å². The van der Waals surface area contributed by atoms with Crippen LogP contribution in [0, 0.1) is 6.92 Å². The van der Waals surface area contributed by atoms with E-state index in [2.05, 4.69) is 24.4 Å². The van der Waals surface area contributed by atoms with Crippen molar-refractivity contribution in [2.24, 2.45) is 0 Å². The monoisotopic (exact) mass is 281 g/mol. The summed E-state index contributed by atoms with van der Waals surface area (Å²) in [5.41, 5.74) is 4.84. The molecule has 0 radical (unpaired) electrons. The van der Waals surface area contributed by atoms with Crippen LogP contribution in [0.3, 0.4) is 0 Å². The highest BCUT2D eigenvalue weighted by Gasteiger charge is 2.26. The van der Waals surface area contributed by atoms with Gasteiger partial charge in [0, 0.05) is 36.3 Å². The molecule has 2 aliphatic heterocycles. The highest BCUT2D eigenvalue weighted by atomic mass is 16.5. The average Bonchev–Trinajstić information content (AvgIpc) is 2.54. The number of fused-ring (bicyclic) bond motifs is 2. The Morgan fingerprint density at radius 1 is 1.24 bits per heavy atom. The summed E-state index contributed by atoms with van der Waals surface area (Å²) >= 11 is 0. The van der Waals surface area contributed by atoms with Crippen molar-refractivity contribution in [3.05, 3.63) is 52.6 Å². The molecule has 3 heterocycles. The molecule has 0 fully saturated rings. The minimum absolute atomic E-state index is 0.258. The minimum Gasteiger partial charge on any atom is -0.493 e. The maximum Gasteiger partial charge on any atom is 0.136 e. The predicted octanol–water partition coefficient (Wildman–Crippen LogP) is 2.35. The van der Waals surface area contributed by atoms with Gasteiger partial charge < -0.3 is 10.1 Å². The second-order valence-corrected chi connectivity index (χ2v) is 5.75. The zero-order valence-electron chi connectivity index (χ0n) is 12.2. The maximum absolute atomic E-state index is 5.75. The lowest BCUT2D eigenvalue weighted by Gasteiger charge is -2.26. The first-order valence-corrected chi connectivity index (χ1v) is 7.61. The molecule has 0 amide bonds. The van der Waals surface area contributed by atoms with Crippen LogP contribution in [0.2, 0.25) is 0 Å². The molecule has 1 atom stereocenters. The molecule has 0 spiro atoms. The maximum atomic E-state index is 5.75. The third kappa shape index (κ3) is 2.20. The van der Waals surface area contributed by atoms with E-state index >= 15 is 0 Å². The smallest absolute Gasteiger partial charge is 0.136 e. The topological polar surface area (TPSA) is 47.0 Å². The Labute approximate surface area is 124 Å². The van der Waals surface area contributed by atoms with Gasteiger partial charge in [0.2, 0.25) is 0 Å². The van der Waals surface area contributed by atoms with Crippen LogP contribution in [-0.4, -0.2) is 23.1 Å². The summed E-state index contributed by atoms with van der Waals surface area (Å²) in [5.74, 6) is 2.20. The fraction of sp³-hybridized carbons (Fsp3) is 0.412. The van der Waals surface area contributed by atoms with Crippen LogP contribution in [0.25, 0.3) is 0 Å². The number of benzene rings is 1. The number of nitrogens with one attached hydrogen (secondary N) is 1. The van der Waals surface area contributed by atoms with Crippen molar-refractivity contribution in [3.8, 4) is 5.75 Å². The van der Waals surface area contributed by atoms with Gasteiger partial charge >= 0.3 is 0 Å². The molecule has 0 saturated heterocycles. The lowest BCUT2D eigenvalue weighted by atomic mass is 9.91. The zero-order chi connectivity index (χ0) is 14.2. The van der Waals surface area contributed by atoms with E-state index in [1.165, 1.54) is 16.8 Å². The van der Waals surface area contributed by atoms with E-state index in [0.717, 1.165) is 49.8 Å². The van der Waals surface area contributed by atoms with E-state index in [1.807, 2.05) is 12.1 Å². The molecule has 1 unspecified atom stereocenters. The van der Waals surface area contributed by atoms with Crippen LogP contribution in [-0.2, 0) is 13.0 Å². The van der Waals surface area contributed by atoms with Gasteiger partial charge in [0.05, 0.1) is 18.2 Å². The van der Waals surface area contributed by atoms with Crippen molar-refractivity contribution < 1.29 is 4.74 Å². The van der Waals surface area contributed by atoms with Crippen LogP contribution >= 0.6 is 0 Å².